The topological polar surface area (TPSA) is 128 Å². The monoisotopic (exact) mass is 384 g/mol. The summed E-state index contributed by atoms with van der Waals surface area (Å²) in [5, 5.41) is 8.52. The van der Waals surface area contributed by atoms with Crippen molar-refractivity contribution in [2.75, 3.05) is 4.72 Å². The molecule has 3 rings (SSSR count). The molecule has 8 nitrogen and oxygen atoms in total. The zero-order chi connectivity index (χ0) is 19.6. The number of aromatic nitrogens is 1. The highest BCUT2D eigenvalue weighted by Gasteiger charge is 2.15. The van der Waals surface area contributed by atoms with Gasteiger partial charge in [0, 0.05) is 35.4 Å². The van der Waals surface area contributed by atoms with Crippen LogP contribution < -0.4 is 16.2 Å². The van der Waals surface area contributed by atoms with Crippen LogP contribution in [-0.4, -0.2) is 24.7 Å². The number of fused-ring (bicyclic) bond motifs is 1. The van der Waals surface area contributed by atoms with Crippen LogP contribution in [0.3, 0.4) is 0 Å². The van der Waals surface area contributed by atoms with Gasteiger partial charge >= 0.3 is 0 Å². The van der Waals surface area contributed by atoms with E-state index in [0.717, 1.165) is 16.5 Å². The van der Waals surface area contributed by atoms with Crippen LogP contribution in [0.25, 0.3) is 10.9 Å². The molecule has 0 bridgehead atoms. The Kier molecular flexibility index (Phi) is 4.87. The van der Waals surface area contributed by atoms with Crippen LogP contribution in [0.2, 0.25) is 0 Å². The van der Waals surface area contributed by atoms with Gasteiger partial charge in [0.05, 0.1) is 10.6 Å². The molecule has 0 amide bonds. The van der Waals surface area contributed by atoms with Crippen LogP contribution in [0.4, 0.5) is 5.69 Å². The van der Waals surface area contributed by atoms with E-state index in [0.29, 0.717) is 11.4 Å². The lowest BCUT2D eigenvalue weighted by Gasteiger charge is -2.09. The number of anilines is 1. The van der Waals surface area contributed by atoms with Crippen LogP contribution in [0.15, 0.2) is 69.8 Å². The van der Waals surface area contributed by atoms with Crippen LogP contribution in [0.1, 0.15) is 12.5 Å². The van der Waals surface area contributed by atoms with E-state index in [1.165, 1.54) is 0 Å². The molecule has 3 aromatic rings. The Bertz CT molecular complexity index is 1140. The van der Waals surface area contributed by atoms with Gasteiger partial charge in [-0.2, -0.15) is 5.10 Å². The van der Waals surface area contributed by atoms with Gasteiger partial charge in [-0.3, -0.25) is 4.72 Å². The average Bonchev–Trinajstić information content (AvgIpc) is 2.96. The lowest BCUT2D eigenvalue weighted by atomic mass is 10.1. The van der Waals surface area contributed by atoms with Crippen molar-refractivity contribution in [3.05, 3.63) is 60.3 Å². The third-order valence-corrected chi connectivity index (χ3v) is 5.40. The van der Waals surface area contributed by atoms with Crippen LogP contribution >= 0.6 is 0 Å². The van der Waals surface area contributed by atoms with Gasteiger partial charge in [0.1, 0.15) is 0 Å². The summed E-state index contributed by atoms with van der Waals surface area (Å²) in [5.74, 6) is -0.133. The fraction of sp³-hybridized carbons (Fsp3) is 0.111. The summed E-state index contributed by atoms with van der Waals surface area (Å²) in [6.07, 6.45) is 1.89. The Morgan fingerprint density at radius 3 is 2.44 bits per heavy atom. The second kappa shape index (κ2) is 7.12. The Morgan fingerprint density at radius 2 is 1.78 bits per heavy atom. The van der Waals surface area contributed by atoms with E-state index in [1.807, 2.05) is 23.9 Å². The smallest absolute Gasteiger partial charge is 0.261 e. The van der Waals surface area contributed by atoms with Gasteiger partial charge in [0.2, 0.25) is 5.96 Å². The first-order valence-corrected chi connectivity index (χ1v) is 9.57. The summed E-state index contributed by atoms with van der Waals surface area (Å²) in [7, 11) is -1.78. The Balaban J connectivity index is 2.03. The predicted octanol–water partition coefficient (Wildman–Crippen LogP) is 1.98. The molecule has 140 valence electrons. The average molecular weight is 384 g/mol. The molecule has 2 aromatic carbocycles. The summed E-state index contributed by atoms with van der Waals surface area (Å²) in [6, 6.07) is 13.5. The highest BCUT2D eigenvalue weighted by molar-refractivity contribution is 7.92. The first kappa shape index (κ1) is 18.5. The highest BCUT2D eigenvalue weighted by atomic mass is 32.2. The molecule has 0 atom stereocenters. The molecular formula is C18H20N6O2S. The van der Waals surface area contributed by atoms with Crippen molar-refractivity contribution in [3.8, 4) is 0 Å². The maximum Gasteiger partial charge on any atom is 0.261 e. The van der Waals surface area contributed by atoms with Gasteiger partial charge in [-0.1, -0.05) is 18.2 Å². The molecule has 0 radical (unpaired) electrons. The minimum absolute atomic E-state index is 0.133. The van der Waals surface area contributed by atoms with Crippen molar-refractivity contribution in [2.24, 2.45) is 28.7 Å². The Morgan fingerprint density at radius 1 is 1.07 bits per heavy atom. The van der Waals surface area contributed by atoms with Crippen molar-refractivity contribution in [1.82, 2.24) is 4.57 Å². The molecule has 0 spiro atoms. The minimum atomic E-state index is -3.67. The molecule has 0 unspecified atom stereocenters. The largest absolute Gasteiger partial charge is 0.369 e. The maximum absolute atomic E-state index is 12.6. The fourth-order valence-corrected chi connectivity index (χ4v) is 3.81. The van der Waals surface area contributed by atoms with Gasteiger partial charge in [0.15, 0.2) is 0 Å². The van der Waals surface area contributed by atoms with Crippen molar-refractivity contribution in [2.45, 2.75) is 11.8 Å². The number of aryl methyl sites for hydroxylation is 1. The van der Waals surface area contributed by atoms with Crippen LogP contribution in [0.5, 0.6) is 0 Å². The van der Waals surface area contributed by atoms with Gasteiger partial charge in [-0.25, -0.2) is 8.42 Å². The third kappa shape index (κ3) is 3.93. The van der Waals surface area contributed by atoms with E-state index in [9.17, 15) is 8.42 Å². The number of nitrogens with two attached hydrogens (primary N) is 2. The number of sulfonamides is 1. The van der Waals surface area contributed by atoms with E-state index >= 15 is 0 Å². The molecule has 0 aliphatic carbocycles. The molecule has 9 heteroatoms. The molecule has 1 aromatic heterocycles. The third-order valence-electron chi connectivity index (χ3n) is 4.00. The van der Waals surface area contributed by atoms with Crippen molar-refractivity contribution < 1.29 is 8.42 Å². The first-order valence-electron chi connectivity index (χ1n) is 8.08. The zero-order valence-electron chi connectivity index (χ0n) is 14.9. The molecule has 0 saturated heterocycles. The minimum Gasteiger partial charge on any atom is -0.369 e. The molecular weight excluding hydrogens is 364 g/mol. The molecule has 1 heterocycles. The SMILES string of the molecule is CC(=NN=C(N)N)c1cn(C)c2ccc(NS(=O)(=O)c3ccccc3)cc12. The second-order valence-corrected chi connectivity index (χ2v) is 7.70. The summed E-state index contributed by atoms with van der Waals surface area (Å²) < 4.78 is 29.6. The van der Waals surface area contributed by atoms with Gasteiger partial charge in [-0.05, 0) is 37.3 Å². The number of rotatable bonds is 5. The van der Waals surface area contributed by atoms with Gasteiger partial charge < -0.3 is 16.0 Å². The molecule has 0 aliphatic heterocycles. The van der Waals surface area contributed by atoms with Crippen molar-refractivity contribution in [3.63, 3.8) is 0 Å². The molecule has 0 fully saturated rings. The molecule has 0 aliphatic rings. The van der Waals surface area contributed by atoms with Crippen molar-refractivity contribution >= 4 is 38.3 Å². The number of guanidine groups is 1. The number of benzene rings is 2. The maximum atomic E-state index is 12.6. The fourth-order valence-electron chi connectivity index (χ4n) is 2.74. The quantitative estimate of drug-likeness (QED) is 0.353. The summed E-state index contributed by atoms with van der Waals surface area (Å²) >= 11 is 0. The summed E-state index contributed by atoms with van der Waals surface area (Å²) in [6.45, 7) is 1.78. The Hall–Kier alpha value is -3.33. The van der Waals surface area contributed by atoms with E-state index in [4.69, 9.17) is 11.5 Å². The summed E-state index contributed by atoms with van der Waals surface area (Å²) in [5.41, 5.74) is 13.4. The first-order chi connectivity index (χ1) is 12.8. The van der Waals surface area contributed by atoms with Crippen LogP contribution in [-0.2, 0) is 17.1 Å². The highest BCUT2D eigenvalue weighted by Crippen LogP contribution is 2.26. The molecule has 27 heavy (non-hydrogen) atoms. The van der Waals surface area contributed by atoms with E-state index in [2.05, 4.69) is 14.9 Å². The molecule has 0 saturated carbocycles. The lowest BCUT2D eigenvalue weighted by molar-refractivity contribution is 0.601. The number of nitrogens with one attached hydrogen (secondary N) is 1. The van der Waals surface area contributed by atoms with Crippen LogP contribution in [0, 0.1) is 0 Å². The predicted molar refractivity (Wildman–Crippen MR) is 108 cm³/mol. The second-order valence-electron chi connectivity index (χ2n) is 6.01. The van der Waals surface area contributed by atoms with Gasteiger partial charge in [0.25, 0.3) is 10.0 Å². The number of hydrogen-bond donors (Lipinski definition) is 3. The van der Waals surface area contributed by atoms with Gasteiger partial charge in [-0.15, -0.1) is 5.10 Å². The zero-order valence-corrected chi connectivity index (χ0v) is 15.7. The standard InChI is InChI=1S/C18H20N6O2S/c1-12(21-22-18(19)20)16-11-24(2)17-9-8-13(10-15(16)17)23-27(25,26)14-6-4-3-5-7-14/h3-11,23H,1-2H3,(H4,19,20,22). The Labute approximate surface area is 157 Å². The van der Waals surface area contributed by atoms with E-state index in [1.54, 1.807) is 49.4 Å². The normalized spacial score (nSPS) is 12.1. The number of hydrogen-bond acceptors (Lipinski definition) is 4. The lowest BCUT2D eigenvalue weighted by Crippen LogP contribution is -2.22. The number of nitrogens with zero attached hydrogens (tertiary/aromatic N) is 3. The van der Waals surface area contributed by atoms with E-state index < -0.39 is 10.0 Å². The molecule has 5 N–H and O–H groups in total. The van der Waals surface area contributed by atoms with E-state index in [-0.39, 0.29) is 10.9 Å². The van der Waals surface area contributed by atoms with Crippen molar-refractivity contribution in [1.29, 1.82) is 0 Å². The summed E-state index contributed by atoms with van der Waals surface area (Å²) in [4.78, 5) is 0.198.